The highest BCUT2D eigenvalue weighted by Gasteiger charge is 2.42. The SMILES string of the molecule is NC(CC1(c2ccc(Cl)cc2)COC1)C(=O)O. The summed E-state index contributed by atoms with van der Waals surface area (Å²) in [6.45, 7) is 1.02. The molecule has 1 aromatic rings. The van der Waals surface area contributed by atoms with Crippen molar-refractivity contribution in [1.29, 1.82) is 0 Å². The molecule has 0 saturated carbocycles. The molecule has 1 fully saturated rings. The van der Waals surface area contributed by atoms with Crippen LogP contribution >= 0.6 is 11.6 Å². The van der Waals surface area contributed by atoms with Gasteiger partial charge in [0.25, 0.3) is 0 Å². The van der Waals surface area contributed by atoms with Gasteiger partial charge in [-0.05, 0) is 24.1 Å². The molecule has 0 bridgehead atoms. The zero-order chi connectivity index (χ0) is 12.5. The van der Waals surface area contributed by atoms with E-state index in [4.69, 9.17) is 27.2 Å². The third-order valence-corrected chi connectivity index (χ3v) is 3.39. The maximum Gasteiger partial charge on any atom is 0.320 e. The minimum absolute atomic E-state index is 0.275. The number of hydrogen-bond donors (Lipinski definition) is 2. The molecule has 1 atom stereocenters. The normalized spacial score (nSPS) is 19.4. The Balaban J connectivity index is 2.19. The van der Waals surface area contributed by atoms with Gasteiger partial charge in [0.05, 0.1) is 13.2 Å². The van der Waals surface area contributed by atoms with E-state index >= 15 is 0 Å². The van der Waals surface area contributed by atoms with E-state index in [-0.39, 0.29) is 5.41 Å². The van der Waals surface area contributed by atoms with Crippen LogP contribution in [0.1, 0.15) is 12.0 Å². The van der Waals surface area contributed by atoms with Crippen LogP contribution < -0.4 is 5.73 Å². The van der Waals surface area contributed by atoms with Crippen molar-refractivity contribution in [1.82, 2.24) is 0 Å². The zero-order valence-corrected chi connectivity index (χ0v) is 9.98. The van der Waals surface area contributed by atoms with Crippen LogP contribution in [0.2, 0.25) is 5.02 Å². The van der Waals surface area contributed by atoms with Crippen molar-refractivity contribution in [2.24, 2.45) is 5.73 Å². The first-order valence-electron chi connectivity index (χ1n) is 5.36. The molecule has 1 aliphatic rings. The average Bonchev–Trinajstić information content (AvgIpc) is 2.24. The molecule has 0 aromatic heterocycles. The molecule has 1 heterocycles. The predicted octanol–water partition coefficient (Wildman–Crippen LogP) is 1.41. The minimum Gasteiger partial charge on any atom is -0.480 e. The summed E-state index contributed by atoms with van der Waals surface area (Å²) >= 11 is 5.83. The van der Waals surface area contributed by atoms with E-state index in [1.807, 2.05) is 12.1 Å². The van der Waals surface area contributed by atoms with Crippen LogP contribution in [0.25, 0.3) is 0 Å². The average molecular weight is 256 g/mol. The molecule has 1 aromatic carbocycles. The Morgan fingerprint density at radius 1 is 1.47 bits per heavy atom. The van der Waals surface area contributed by atoms with Gasteiger partial charge in [-0.25, -0.2) is 0 Å². The van der Waals surface area contributed by atoms with Crippen molar-refractivity contribution in [3.8, 4) is 0 Å². The first kappa shape index (κ1) is 12.4. The van der Waals surface area contributed by atoms with Crippen LogP contribution in [-0.4, -0.2) is 30.3 Å². The van der Waals surface area contributed by atoms with E-state index in [0.29, 0.717) is 24.7 Å². The summed E-state index contributed by atoms with van der Waals surface area (Å²) in [6.07, 6.45) is 0.379. The van der Waals surface area contributed by atoms with Gasteiger partial charge in [0, 0.05) is 10.4 Å². The second-order valence-corrected chi connectivity index (χ2v) is 4.87. The van der Waals surface area contributed by atoms with Crippen LogP contribution in [0.3, 0.4) is 0 Å². The van der Waals surface area contributed by atoms with Crippen molar-refractivity contribution >= 4 is 17.6 Å². The molecule has 1 aliphatic heterocycles. The van der Waals surface area contributed by atoms with Crippen molar-refractivity contribution < 1.29 is 14.6 Å². The zero-order valence-electron chi connectivity index (χ0n) is 9.23. The molecule has 3 N–H and O–H groups in total. The summed E-state index contributed by atoms with van der Waals surface area (Å²) in [4.78, 5) is 10.8. The largest absolute Gasteiger partial charge is 0.480 e. The van der Waals surface area contributed by atoms with Crippen molar-refractivity contribution in [2.45, 2.75) is 17.9 Å². The monoisotopic (exact) mass is 255 g/mol. The maximum absolute atomic E-state index is 10.8. The summed E-state index contributed by atoms with van der Waals surface area (Å²) < 4.78 is 5.22. The van der Waals surface area contributed by atoms with Gasteiger partial charge in [0.1, 0.15) is 6.04 Å². The Kier molecular flexibility index (Phi) is 3.38. The Hall–Kier alpha value is -1.10. The maximum atomic E-state index is 10.8. The van der Waals surface area contributed by atoms with Crippen LogP contribution in [0, 0.1) is 0 Å². The highest BCUT2D eigenvalue weighted by atomic mass is 35.5. The van der Waals surface area contributed by atoms with E-state index in [1.165, 1.54) is 0 Å². The molecular formula is C12H14ClNO3. The van der Waals surface area contributed by atoms with Gasteiger partial charge >= 0.3 is 5.97 Å². The van der Waals surface area contributed by atoms with Crippen LogP contribution in [0.5, 0.6) is 0 Å². The van der Waals surface area contributed by atoms with E-state index < -0.39 is 12.0 Å². The van der Waals surface area contributed by atoms with Crippen LogP contribution in [0.4, 0.5) is 0 Å². The van der Waals surface area contributed by atoms with Gasteiger partial charge in [-0.3, -0.25) is 4.79 Å². The molecule has 0 amide bonds. The Morgan fingerprint density at radius 3 is 2.47 bits per heavy atom. The number of aliphatic carboxylic acids is 1. The van der Waals surface area contributed by atoms with Gasteiger partial charge in [-0.15, -0.1) is 0 Å². The molecule has 0 aliphatic carbocycles. The molecule has 0 spiro atoms. The van der Waals surface area contributed by atoms with Crippen molar-refractivity contribution in [2.75, 3.05) is 13.2 Å². The number of carboxylic acid groups (broad SMARTS) is 1. The van der Waals surface area contributed by atoms with Crippen LogP contribution in [-0.2, 0) is 14.9 Å². The Labute approximate surface area is 104 Å². The number of ether oxygens (including phenoxy) is 1. The molecule has 17 heavy (non-hydrogen) atoms. The summed E-state index contributed by atoms with van der Waals surface area (Å²) in [6, 6.07) is 6.53. The topological polar surface area (TPSA) is 72.5 Å². The second kappa shape index (κ2) is 4.64. The molecule has 1 saturated heterocycles. The van der Waals surface area contributed by atoms with E-state index in [1.54, 1.807) is 12.1 Å². The molecule has 92 valence electrons. The predicted molar refractivity (Wildman–Crippen MR) is 64.2 cm³/mol. The van der Waals surface area contributed by atoms with Crippen molar-refractivity contribution in [3.63, 3.8) is 0 Å². The lowest BCUT2D eigenvalue weighted by Crippen LogP contribution is -2.51. The van der Waals surface area contributed by atoms with Gasteiger partial charge in [0.2, 0.25) is 0 Å². The van der Waals surface area contributed by atoms with Crippen molar-refractivity contribution in [3.05, 3.63) is 34.9 Å². The van der Waals surface area contributed by atoms with E-state index in [2.05, 4.69) is 0 Å². The quantitative estimate of drug-likeness (QED) is 0.853. The smallest absolute Gasteiger partial charge is 0.320 e. The fourth-order valence-corrected chi connectivity index (χ4v) is 2.19. The molecular weight excluding hydrogens is 242 g/mol. The molecule has 0 radical (unpaired) electrons. The van der Waals surface area contributed by atoms with Gasteiger partial charge in [-0.1, -0.05) is 23.7 Å². The molecule has 5 heteroatoms. The Bertz CT molecular complexity index is 414. The first-order chi connectivity index (χ1) is 8.03. The lowest BCUT2D eigenvalue weighted by Gasteiger charge is -2.43. The first-order valence-corrected chi connectivity index (χ1v) is 5.73. The van der Waals surface area contributed by atoms with E-state index in [0.717, 1.165) is 5.56 Å². The molecule has 2 rings (SSSR count). The summed E-state index contributed by atoms with van der Waals surface area (Å²) in [7, 11) is 0. The lowest BCUT2D eigenvalue weighted by molar-refractivity contribution is -0.141. The highest BCUT2D eigenvalue weighted by molar-refractivity contribution is 6.30. The lowest BCUT2D eigenvalue weighted by atomic mass is 9.74. The number of halogens is 1. The number of rotatable bonds is 4. The van der Waals surface area contributed by atoms with Gasteiger partial charge in [0.15, 0.2) is 0 Å². The third kappa shape index (κ3) is 2.44. The second-order valence-electron chi connectivity index (χ2n) is 4.43. The number of carboxylic acids is 1. The van der Waals surface area contributed by atoms with E-state index in [9.17, 15) is 4.79 Å². The number of nitrogens with two attached hydrogens (primary N) is 1. The number of hydrogen-bond acceptors (Lipinski definition) is 3. The van der Waals surface area contributed by atoms with Gasteiger partial charge < -0.3 is 15.6 Å². The fraction of sp³-hybridized carbons (Fsp3) is 0.417. The highest BCUT2D eigenvalue weighted by Crippen LogP contribution is 2.37. The molecule has 4 nitrogen and oxygen atoms in total. The Morgan fingerprint density at radius 2 is 2.06 bits per heavy atom. The number of carbonyl (C=O) groups is 1. The minimum atomic E-state index is -0.981. The summed E-state index contributed by atoms with van der Waals surface area (Å²) in [5.41, 5.74) is 6.35. The fourth-order valence-electron chi connectivity index (χ4n) is 2.06. The van der Waals surface area contributed by atoms with Crippen LogP contribution in [0.15, 0.2) is 24.3 Å². The standard InChI is InChI=1S/C12H14ClNO3/c13-9-3-1-8(2-4-9)12(6-17-7-12)5-10(14)11(15)16/h1-4,10H,5-7,14H2,(H,15,16). The van der Waals surface area contributed by atoms with Gasteiger partial charge in [-0.2, -0.15) is 0 Å². The third-order valence-electron chi connectivity index (χ3n) is 3.14. The summed E-state index contributed by atoms with van der Waals surface area (Å²) in [5, 5.41) is 9.53. The molecule has 1 unspecified atom stereocenters. The number of benzene rings is 1. The summed E-state index contributed by atoms with van der Waals surface area (Å²) in [5.74, 6) is -0.981.